The van der Waals surface area contributed by atoms with E-state index in [1.54, 1.807) is 12.1 Å². The molecule has 4 aromatic carbocycles. The summed E-state index contributed by atoms with van der Waals surface area (Å²) in [5.41, 5.74) is 1.04. The second kappa shape index (κ2) is 8.01. The molecule has 1 heterocycles. The molecule has 1 aromatic heterocycles. The van der Waals surface area contributed by atoms with Crippen LogP contribution in [0.2, 0.25) is 0 Å². The molecule has 0 fully saturated rings. The van der Waals surface area contributed by atoms with Crippen LogP contribution >= 0.6 is 0 Å². The predicted molar refractivity (Wildman–Crippen MR) is 120 cm³/mol. The molecule has 0 unspecified atom stereocenters. The number of fused-ring (bicyclic) bond motifs is 3. The normalized spacial score (nSPS) is 11.8. The van der Waals surface area contributed by atoms with E-state index in [1.165, 1.54) is 36.4 Å². The third kappa shape index (κ3) is 4.10. The third-order valence-corrected chi connectivity index (χ3v) is 5.49. The van der Waals surface area contributed by atoms with Gasteiger partial charge in [0.05, 0.1) is 22.0 Å². The van der Waals surface area contributed by atoms with Gasteiger partial charge in [0.2, 0.25) is 0 Å². The number of aromatic nitrogens is 2. The lowest BCUT2D eigenvalue weighted by atomic mass is 10.0. The van der Waals surface area contributed by atoms with E-state index in [1.807, 2.05) is 0 Å². The molecular weight excluding hydrogens is 468 g/mol. The van der Waals surface area contributed by atoms with Crippen molar-refractivity contribution in [1.29, 1.82) is 0 Å². The summed E-state index contributed by atoms with van der Waals surface area (Å²) in [4.78, 5) is 18.2. The first-order valence-electron chi connectivity index (χ1n) is 10.1. The van der Waals surface area contributed by atoms with Crippen LogP contribution in [0.3, 0.4) is 0 Å². The van der Waals surface area contributed by atoms with Crippen LogP contribution in [0.4, 0.5) is 22.4 Å². The Bertz CT molecular complexity index is 1610. The van der Waals surface area contributed by atoms with E-state index in [2.05, 4.69) is 14.7 Å². The van der Waals surface area contributed by atoms with E-state index >= 15 is 0 Å². The molecule has 3 N–H and O–H groups in total. The summed E-state index contributed by atoms with van der Waals surface area (Å²) >= 11 is 0. The minimum atomic E-state index is -4.46. The summed E-state index contributed by atoms with van der Waals surface area (Å²) in [6.07, 6.45) is -5.99. The van der Waals surface area contributed by atoms with Gasteiger partial charge in [-0.2, -0.15) is 13.2 Å². The second-order valence-corrected chi connectivity index (χ2v) is 7.73. The highest BCUT2D eigenvalue weighted by atomic mass is 19.4. The standard InChI is InChI=1S/C25H14F4N2O4/c26-18-7-3-13(12-1-5-15(6-2-12)25(27,28)29)10-17(18)23-30-19-8-4-14-9-16(35-24(33)34)11-20(32)21(14)22(19)31-23/h1-11,32H,(H,30,31)(H,33,34). The average Bonchev–Trinajstić information content (AvgIpc) is 3.22. The molecule has 176 valence electrons. The molecule has 6 nitrogen and oxygen atoms in total. The zero-order valence-corrected chi connectivity index (χ0v) is 17.5. The monoisotopic (exact) mass is 482 g/mol. The highest BCUT2D eigenvalue weighted by molar-refractivity contribution is 6.08. The van der Waals surface area contributed by atoms with Crippen molar-refractivity contribution in [2.24, 2.45) is 0 Å². The summed E-state index contributed by atoms with van der Waals surface area (Å²) in [5, 5.41) is 20.1. The molecule has 0 saturated carbocycles. The quantitative estimate of drug-likeness (QED) is 0.147. The first-order chi connectivity index (χ1) is 16.6. The lowest BCUT2D eigenvalue weighted by molar-refractivity contribution is -0.137. The Morgan fingerprint density at radius 1 is 0.943 bits per heavy atom. The Morgan fingerprint density at radius 3 is 2.34 bits per heavy atom. The van der Waals surface area contributed by atoms with Crippen LogP contribution in [-0.4, -0.2) is 26.3 Å². The number of H-pyrrole nitrogens is 1. The number of aromatic hydroxyl groups is 1. The summed E-state index contributed by atoms with van der Waals surface area (Å²) in [5.74, 6) is -0.816. The Labute approximate surface area is 194 Å². The lowest BCUT2D eigenvalue weighted by Gasteiger charge is -2.09. The highest BCUT2D eigenvalue weighted by Gasteiger charge is 2.30. The number of phenolic OH excluding ortho intramolecular Hbond substituents is 1. The van der Waals surface area contributed by atoms with Crippen molar-refractivity contribution >= 4 is 28.0 Å². The summed E-state index contributed by atoms with van der Waals surface area (Å²) in [7, 11) is 0. The van der Waals surface area contributed by atoms with Gasteiger partial charge in [-0.1, -0.05) is 24.3 Å². The van der Waals surface area contributed by atoms with Crippen molar-refractivity contribution < 1.29 is 37.3 Å². The van der Waals surface area contributed by atoms with Crippen molar-refractivity contribution in [3.05, 3.63) is 78.1 Å². The molecule has 10 heteroatoms. The number of halogens is 4. The van der Waals surface area contributed by atoms with E-state index in [0.29, 0.717) is 32.9 Å². The largest absolute Gasteiger partial charge is 0.511 e. The predicted octanol–water partition coefficient (Wildman–Crippen LogP) is 6.97. The number of imidazole rings is 1. The van der Waals surface area contributed by atoms with Gasteiger partial charge in [-0.3, -0.25) is 0 Å². The maximum Gasteiger partial charge on any atom is 0.511 e. The van der Waals surface area contributed by atoms with Crippen LogP contribution in [0.15, 0.2) is 66.7 Å². The first kappa shape index (κ1) is 22.2. The van der Waals surface area contributed by atoms with Gasteiger partial charge in [-0.05, 0) is 52.9 Å². The second-order valence-electron chi connectivity index (χ2n) is 7.73. The van der Waals surface area contributed by atoms with E-state index in [4.69, 9.17) is 5.11 Å². The van der Waals surface area contributed by atoms with Gasteiger partial charge in [0, 0.05) is 6.07 Å². The van der Waals surface area contributed by atoms with Crippen LogP contribution in [-0.2, 0) is 6.18 Å². The zero-order chi connectivity index (χ0) is 24.9. The van der Waals surface area contributed by atoms with E-state index < -0.39 is 23.7 Å². The van der Waals surface area contributed by atoms with Crippen LogP contribution in [0.5, 0.6) is 11.5 Å². The number of aromatic amines is 1. The SMILES string of the molecule is O=C(O)Oc1cc(O)c2c(ccc3[nH]c(-c4cc(-c5ccc(C(F)(F)F)cc5)ccc4F)nc32)c1. The smallest absolute Gasteiger partial charge is 0.507 e. The number of phenols is 1. The molecule has 0 aliphatic heterocycles. The number of alkyl halides is 3. The minimum Gasteiger partial charge on any atom is -0.507 e. The van der Waals surface area contributed by atoms with Crippen molar-refractivity contribution in [1.82, 2.24) is 9.97 Å². The van der Waals surface area contributed by atoms with E-state index in [0.717, 1.165) is 18.2 Å². The summed E-state index contributed by atoms with van der Waals surface area (Å²) in [6.45, 7) is 0. The maximum atomic E-state index is 14.8. The van der Waals surface area contributed by atoms with Crippen molar-refractivity contribution in [3.63, 3.8) is 0 Å². The minimum absolute atomic E-state index is 0.0760. The molecule has 35 heavy (non-hydrogen) atoms. The van der Waals surface area contributed by atoms with Gasteiger partial charge in [0.1, 0.15) is 28.7 Å². The Kier molecular flexibility index (Phi) is 5.08. The molecule has 5 rings (SSSR count). The van der Waals surface area contributed by atoms with Crippen LogP contribution < -0.4 is 4.74 Å². The van der Waals surface area contributed by atoms with Crippen molar-refractivity contribution in [2.75, 3.05) is 0 Å². The number of nitrogens with zero attached hydrogens (tertiary/aromatic N) is 1. The molecule has 0 aliphatic carbocycles. The van der Waals surface area contributed by atoms with Gasteiger partial charge in [-0.15, -0.1) is 0 Å². The number of benzene rings is 4. The van der Waals surface area contributed by atoms with Gasteiger partial charge in [0.15, 0.2) is 0 Å². The summed E-state index contributed by atoms with van der Waals surface area (Å²) in [6, 6.07) is 14.4. The van der Waals surface area contributed by atoms with Gasteiger partial charge >= 0.3 is 12.3 Å². The lowest BCUT2D eigenvalue weighted by Crippen LogP contribution is -2.04. The zero-order valence-electron chi connectivity index (χ0n) is 17.5. The fourth-order valence-corrected chi connectivity index (χ4v) is 3.91. The van der Waals surface area contributed by atoms with Crippen LogP contribution in [0, 0.1) is 5.82 Å². The topological polar surface area (TPSA) is 95.4 Å². The van der Waals surface area contributed by atoms with Crippen molar-refractivity contribution in [3.8, 4) is 34.0 Å². The number of ether oxygens (including phenoxy) is 1. The Balaban J connectivity index is 1.60. The fourth-order valence-electron chi connectivity index (χ4n) is 3.91. The van der Waals surface area contributed by atoms with Crippen molar-refractivity contribution in [2.45, 2.75) is 6.18 Å². The van der Waals surface area contributed by atoms with Gasteiger partial charge < -0.3 is 19.9 Å². The number of hydrogen-bond acceptors (Lipinski definition) is 4. The van der Waals surface area contributed by atoms with Crippen LogP contribution in [0.1, 0.15) is 5.56 Å². The molecule has 0 amide bonds. The highest BCUT2D eigenvalue weighted by Crippen LogP contribution is 2.37. The van der Waals surface area contributed by atoms with E-state index in [9.17, 15) is 27.5 Å². The van der Waals surface area contributed by atoms with Gasteiger partial charge in [0.25, 0.3) is 0 Å². The summed E-state index contributed by atoms with van der Waals surface area (Å²) < 4.78 is 58.0. The maximum absolute atomic E-state index is 14.8. The molecular formula is C25H14F4N2O4. The molecule has 0 radical (unpaired) electrons. The first-order valence-corrected chi connectivity index (χ1v) is 10.1. The number of rotatable bonds is 3. The molecule has 0 atom stereocenters. The fraction of sp³-hybridized carbons (Fsp3) is 0.0400. The Hall–Kier alpha value is -4.60. The molecule has 0 bridgehead atoms. The molecule has 0 spiro atoms. The number of carbonyl (C=O) groups is 1. The molecule has 0 aliphatic rings. The number of carboxylic acid groups (broad SMARTS) is 1. The Morgan fingerprint density at radius 2 is 1.66 bits per heavy atom. The molecule has 5 aromatic rings. The molecule has 0 saturated heterocycles. The number of nitrogens with one attached hydrogen (secondary N) is 1. The van der Waals surface area contributed by atoms with Crippen LogP contribution in [0.25, 0.3) is 44.3 Å². The average molecular weight is 482 g/mol. The van der Waals surface area contributed by atoms with E-state index in [-0.39, 0.29) is 22.9 Å². The number of hydrogen-bond donors (Lipinski definition) is 3. The third-order valence-electron chi connectivity index (χ3n) is 5.49. The van der Waals surface area contributed by atoms with Gasteiger partial charge in [-0.25, -0.2) is 14.2 Å².